The molecular weight excluding hydrogens is 212 g/mol. The number of nitrogens with one attached hydrogen (secondary N) is 1. The monoisotopic (exact) mass is 234 g/mol. The van der Waals surface area contributed by atoms with Gasteiger partial charge in [-0.2, -0.15) is 0 Å². The van der Waals surface area contributed by atoms with Crippen LogP contribution in [0.2, 0.25) is 0 Å². The molecule has 3 heteroatoms. The smallest absolute Gasteiger partial charge is 0.224 e. The number of hydrogen-bond donors (Lipinski definition) is 1. The van der Waals surface area contributed by atoms with Gasteiger partial charge in [-0.1, -0.05) is 12.1 Å². The zero-order valence-corrected chi connectivity index (χ0v) is 11.0. The third-order valence-corrected chi connectivity index (χ3v) is 2.48. The number of anilines is 1. The molecule has 0 bridgehead atoms. The van der Waals surface area contributed by atoms with E-state index >= 15 is 0 Å². The summed E-state index contributed by atoms with van der Waals surface area (Å²) < 4.78 is 0.955. The fourth-order valence-electron chi connectivity index (χ4n) is 1.57. The third kappa shape index (κ3) is 6.74. The Morgan fingerprint density at radius 3 is 2.47 bits per heavy atom. The highest BCUT2D eigenvalue weighted by Gasteiger charge is 2.07. The molecule has 1 N–H and O–H groups in total. The SMILES string of the molecule is C[N+](C)(C)CCCCC(=O)Nc1cc[c]cc1. The maximum absolute atomic E-state index is 11.6. The molecule has 0 aliphatic rings. The summed E-state index contributed by atoms with van der Waals surface area (Å²) in [4.78, 5) is 11.6. The lowest BCUT2D eigenvalue weighted by molar-refractivity contribution is -0.870. The predicted octanol–water partition coefficient (Wildman–Crippen LogP) is 2.30. The number of unbranched alkanes of at least 4 members (excludes halogenated alkanes) is 1. The van der Waals surface area contributed by atoms with Gasteiger partial charge < -0.3 is 9.80 Å². The molecule has 1 aromatic rings. The van der Waals surface area contributed by atoms with Crippen LogP contribution >= 0.6 is 0 Å². The molecule has 0 spiro atoms. The van der Waals surface area contributed by atoms with Gasteiger partial charge in [0.15, 0.2) is 0 Å². The first-order chi connectivity index (χ1) is 7.97. The molecule has 0 atom stereocenters. The molecular formula is C14H22N2O+. The van der Waals surface area contributed by atoms with Gasteiger partial charge in [0.1, 0.15) is 0 Å². The van der Waals surface area contributed by atoms with Crippen LogP contribution < -0.4 is 5.32 Å². The van der Waals surface area contributed by atoms with Crippen molar-refractivity contribution in [2.24, 2.45) is 0 Å². The van der Waals surface area contributed by atoms with E-state index in [0.717, 1.165) is 29.6 Å². The number of rotatable bonds is 6. The van der Waals surface area contributed by atoms with Crippen LogP contribution in [0.4, 0.5) is 5.69 Å². The highest BCUT2D eigenvalue weighted by atomic mass is 16.1. The van der Waals surface area contributed by atoms with E-state index in [4.69, 9.17) is 0 Å². The van der Waals surface area contributed by atoms with E-state index in [2.05, 4.69) is 32.5 Å². The largest absolute Gasteiger partial charge is 0.331 e. The van der Waals surface area contributed by atoms with Gasteiger partial charge in [-0.05, 0) is 31.0 Å². The van der Waals surface area contributed by atoms with Crippen molar-refractivity contribution in [2.75, 3.05) is 33.0 Å². The summed E-state index contributed by atoms with van der Waals surface area (Å²) in [7, 11) is 6.50. The molecule has 0 aromatic heterocycles. The molecule has 17 heavy (non-hydrogen) atoms. The zero-order valence-electron chi connectivity index (χ0n) is 11.0. The molecule has 0 aliphatic carbocycles. The van der Waals surface area contributed by atoms with Gasteiger partial charge >= 0.3 is 0 Å². The molecule has 1 rings (SSSR count). The number of quaternary nitrogens is 1. The number of carbonyl (C=O) groups excluding carboxylic acids is 1. The summed E-state index contributed by atoms with van der Waals surface area (Å²) in [5.74, 6) is 0.0950. The molecule has 1 amide bonds. The summed E-state index contributed by atoms with van der Waals surface area (Å²) in [6.07, 6.45) is 2.62. The van der Waals surface area contributed by atoms with Crippen molar-refractivity contribution >= 4 is 11.6 Å². The molecule has 0 saturated heterocycles. The number of hydrogen-bond acceptors (Lipinski definition) is 1. The highest BCUT2D eigenvalue weighted by molar-refractivity contribution is 5.90. The average molecular weight is 234 g/mol. The molecule has 93 valence electrons. The van der Waals surface area contributed by atoms with Crippen molar-refractivity contribution in [3.63, 3.8) is 0 Å². The molecule has 0 saturated carbocycles. The Balaban J connectivity index is 2.18. The van der Waals surface area contributed by atoms with Crippen LogP contribution in [0.25, 0.3) is 0 Å². The summed E-state index contributed by atoms with van der Waals surface area (Å²) in [6, 6.07) is 10.2. The fourth-order valence-corrected chi connectivity index (χ4v) is 1.57. The van der Waals surface area contributed by atoms with Crippen LogP contribution in [0.5, 0.6) is 0 Å². The molecule has 0 unspecified atom stereocenters. The fraction of sp³-hybridized carbons (Fsp3) is 0.500. The van der Waals surface area contributed by atoms with Crippen LogP contribution in [-0.4, -0.2) is 38.1 Å². The van der Waals surface area contributed by atoms with Gasteiger partial charge in [-0.25, -0.2) is 0 Å². The van der Waals surface area contributed by atoms with E-state index in [1.54, 1.807) is 12.1 Å². The van der Waals surface area contributed by atoms with Gasteiger partial charge in [0.05, 0.1) is 27.7 Å². The lowest BCUT2D eigenvalue weighted by Crippen LogP contribution is -2.35. The normalized spacial score (nSPS) is 11.2. The number of amides is 1. The number of benzene rings is 1. The lowest BCUT2D eigenvalue weighted by Gasteiger charge is -2.23. The maximum atomic E-state index is 11.6. The molecule has 3 nitrogen and oxygen atoms in total. The Labute approximate surface area is 104 Å². The van der Waals surface area contributed by atoms with Gasteiger partial charge in [0.2, 0.25) is 5.91 Å². The van der Waals surface area contributed by atoms with Gasteiger partial charge in [0, 0.05) is 12.1 Å². The molecule has 1 radical (unpaired) electrons. The summed E-state index contributed by atoms with van der Waals surface area (Å²) >= 11 is 0. The van der Waals surface area contributed by atoms with Crippen molar-refractivity contribution in [3.8, 4) is 0 Å². The Morgan fingerprint density at radius 2 is 1.88 bits per heavy atom. The Hall–Kier alpha value is -1.35. The van der Waals surface area contributed by atoms with Crippen LogP contribution in [0.1, 0.15) is 19.3 Å². The Morgan fingerprint density at radius 1 is 1.24 bits per heavy atom. The lowest BCUT2D eigenvalue weighted by atomic mass is 10.2. The average Bonchev–Trinajstić information content (AvgIpc) is 2.25. The minimum absolute atomic E-state index is 0.0950. The van der Waals surface area contributed by atoms with Crippen LogP contribution in [-0.2, 0) is 4.79 Å². The number of carbonyl (C=O) groups is 1. The minimum atomic E-state index is 0.0950. The van der Waals surface area contributed by atoms with E-state index in [9.17, 15) is 4.79 Å². The van der Waals surface area contributed by atoms with Crippen LogP contribution in [0, 0.1) is 6.07 Å². The second-order valence-corrected chi connectivity index (χ2v) is 5.31. The van der Waals surface area contributed by atoms with Crippen LogP contribution in [0.3, 0.4) is 0 Å². The minimum Gasteiger partial charge on any atom is -0.331 e. The predicted molar refractivity (Wildman–Crippen MR) is 70.7 cm³/mol. The standard InChI is InChI=1S/C14H21N2O/c1-16(2,3)12-8-7-11-14(17)15-13-9-5-4-6-10-13/h5-6,9-10H,7-8,11-12H2,1-3H3/p+1. The van der Waals surface area contributed by atoms with Crippen molar-refractivity contribution in [1.82, 2.24) is 0 Å². The van der Waals surface area contributed by atoms with Crippen molar-refractivity contribution in [2.45, 2.75) is 19.3 Å². The van der Waals surface area contributed by atoms with Crippen molar-refractivity contribution < 1.29 is 9.28 Å². The third-order valence-electron chi connectivity index (χ3n) is 2.48. The Bertz CT molecular complexity index is 341. The molecule has 0 fully saturated rings. The molecule has 0 heterocycles. The first kappa shape index (κ1) is 13.7. The van der Waals surface area contributed by atoms with Crippen molar-refractivity contribution in [3.05, 3.63) is 30.3 Å². The van der Waals surface area contributed by atoms with Gasteiger partial charge in [0.25, 0.3) is 0 Å². The zero-order chi connectivity index (χ0) is 12.7. The maximum Gasteiger partial charge on any atom is 0.224 e. The molecule has 0 aliphatic heterocycles. The quantitative estimate of drug-likeness (QED) is 0.594. The second-order valence-electron chi connectivity index (χ2n) is 5.31. The van der Waals surface area contributed by atoms with E-state index in [1.165, 1.54) is 0 Å². The van der Waals surface area contributed by atoms with Gasteiger partial charge in [-0.15, -0.1) is 0 Å². The topological polar surface area (TPSA) is 29.1 Å². The second kappa shape index (κ2) is 6.40. The first-order valence-corrected chi connectivity index (χ1v) is 6.04. The van der Waals surface area contributed by atoms with E-state index < -0.39 is 0 Å². The molecule has 1 aromatic carbocycles. The number of nitrogens with zero attached hydrogens (tertiary/aromatic N) is 1. The van der Waals surface area contributed by atoms with E-state index in [-0.39, 0.29) is 5.91 Å². The van der Waals surface area contributed by atoms with Gasteiger partial charge in [-0.3, -0.25) is 4.79 Å². The first-order valence-electron chi connectivity index (χ1n) is 6.04. The summed E-state index contributed by atoms with van der Waals surface area (Å²) in [6.45, 7) is 1.10. The summed E-state index contributed by atoms with van der Waals surface area (Å²) in [5.41, 5.74) is 0.848. The summed E-state index contributed by atoms with van der Waals surface area (Å²) in [5, 5.41) is 2.88. The Kier molecular flexibility index (Phi) is 5.16. The highest BCUT2D eigenvalue weighted by Crippen LogP contribution is 2.07. The van der Waals surface area contributed by atoms with E-state index in [1.807, 2.05) is 12.1 Å². The van der Waals surface area contributed by atoms with Crippen LogP contribution in [0.15, 0.2) is 24.3 Å². The van der Waals surface area contributed by atoms with E-state index in [0.29, 0.717) is 6.42 Å². The van der Waals surface area contributed by atoms with Crippen molar-refractivity contribution in [1.29, 1.82) is 0 Å².